The van der Waals surface area contributed by atoms with Gasteiger partial charge in [-0.3, -0.25) is 0 Å². The van der Waals surface area contributed by atoms with Crippen LogP contribution in [0.1, 0.15) is 22.3 Å². The van der Waals surface area contributed by atoms with Crippen LogP contribution in [0.4, 0.5) is 0 Å². The van der Waals surface area contributed by atoms with Crippen molar-refractivity contribution in [3.8, 4) is 27.9 Å². The van der Waals surface area contributed by atoms with Crippen LogP contribution < -0.4 is 20.7 Å². The standard InChI is InChI=1S/C65H45NSi/c1-6-23-49(24-7-1)65(50-25-8-2-9-26-50)60-44-48(47-38-42-64-59(43-47)58-34-18-19-35-63(58)66(64)62-36-20-22-46-21-16-17-33-55(46)62)37-40-56(60)57-41-39-54(45-61(57)65)67(51-27-10-3-11-28-51,52-29-12-4-13-30-52)53-31-14-5-15-32-53/h1-45H. The maximum absolute atomic E-state index is 2.86. The number of fused-ring (bicyclic) bond motifs is 7. The highest BCUT2D eigenvalue weighted by molar-refractivity contribution is 7.19. The molecule has 0 radical (unpaired) electrons. The lowest BCUT2D eigenvalue weighted by Crippen LogP contribution is -2.74. The SMILES string of the molecule is c1ccc(C2(c3ccccc3)c3cc(-c4ccc5c(c4)c4ccccc4n5-c4cccc5ccccc45)ccc3-c3ccc([Si](c4ccccc4)(c4ccccc4)c4ccccc4)cc32)cc1. The molecule has 1 aromatic heterocycles. The Bertz CT molecular complexity index is 3640. The summed E-state index contributed by atoms with van der Waals surface area (Å²) in [6.07, 6.45) is 0. The summed E-state index contributed by atoms with van der Waals surface area (Å²) < 4.78 is 2.45. The highest BCUT2D eigenvalue weighted by Gasteiger charge is 2.49. The number of rotatable bonds is 8. The zero-order valence-electron chi connectivity index (χ0n) is 36.9. The van der Waals surface area contributed by atoms with Crippen molar-refractivity contribution in [3.63, 3.8) is 0 Å². The molecule has 0 atom stereocenters. The number of nitrogens with zero attached hydrogens (tertiary/aromatic N) is 1. The van der Waals surface area contributed by atoms with E-state index >= 15 is 0 Å². The Balaban J connectivity index is 1.07. The van der Waals surface area contributed by atoms with Gasteiger partial charge in [0.1, 0.15) is 0 Å². The molecule has 67 heavy (non-hydrogen) atoms. The molecular weight excluding hydrogens is 823 g/mol. The van der Waals surface area contributed by atoms with Crippen LogP contribution in [0.15, 0.2) is 273 Å². The van der Waals surface area contributed by atoms with Crippen LogP contribution in [-0.2, 0) is 5.41 Å². The highest BCUT2D eigenvalue weighted by Crippen LogP contribution is 2.56. The summed E-state index contributed by atoms with van der Waals surface area (Å²) in [6.45, 7) is 0. The number of hydrogen-bond donors (Lipinski definition) is 0. The summed E-state index contributed by atoms with van der Waals surface area (Å²) in [5.74, 6) is 0. The van der Waals surface area contributed by atoms with E-state index in [1.807, 2.05) is 0 Å². The van der Waals surface area contributed by atoms with Gasteiger partial charge >= 0.3 is 0 Å². The summed E-state index contributed by atoms with van der Waals surface area (Å²) in [5.41, 5.74) is 13.1. The molecule has 0 fully saturated rings. The lowest BCUT2D eigenvalue weighted by Gasteiger charge is -2.37. The van der Waals surface area contributed by atoms with Crippen LogP contribution >= 0.6 is 0 Å². The molecule has 0 saturated carbocycles. The summed E-state index contributed by atoms with van der Waals surface area (Å²) in [5, 5.41) is 10.4. The fraction of sp³-hybridized carbons (Fsp3) is 0.0154. The van der Waals surface area contributed by atoms with Crippen LogP contribution in [0.3, 0.4) is 0 Å². The molecule has 13 rings (SSSR count). The van der Waals surface area contributed by atoms with E-state index in [0.29, 0.717) is 0 Å². The van der Waals surface area contributed by atoms with E-state index < -0.39 is 13.5 Å². The predicted octanol–water partition coefficient (Wildman–Crippen LogP) is 13.3. The first-order valence-corrected chi connectivity index (χ1v) is 25.3. The molecule has 0 amide bonds. The van der Waals surface area contributed by atoms with Crippen molar-refractivity contribution in [1.29, 1.82) is 0 Å². The van der Waals surface area contributed by atoms with Gasteiger partial charge in [-0.15, -0.1) is 0 Å². The third-order valence-electron chi connectivity index (χ3n) is 14.6. The predicted molar refractivity (Wildman–Crippen MR) is 285 cm³/mol. The number of benzene rings is 11. The van der Waals surface area contributed by atoms with Crippen molar-refractivity contribution in [2.24, 2.45) is 0 Å². The number of aromatic nitrogens is 1. The maximum atomic E-state index is 2.61. The van der Waals surface area contributed by atoms with Gasteiger partial charge in [-0.2, -0.15) is 0 Å². The van der Waals surface area contributed by atoms with Gasteiger partial charge in [-0.1, -0.05) is 243 Å². The molecule has 2 heteroatoms. The molecule has 0 N–H and O–H groups in total. The topological polar surface area (TPSA) is 4.93 Å². The Morgan fingerprint density at radius 3 is 1.39 bits per heavy atom. The average Bonchev–Trinajstić information content (AvgIpc) is 3.90. The molecule has 0 spiro atoms. The zero-order valence-corrected chi connectivity index (χ0v) is 37.9. The first kappa shape index (κ1) is 39.1. The maximum Gasteiger partial charge on any atom is 0.179 e. The first-order valence-electron chi connectivity index (χ1n) is 23.3. The van der Waals surface area contributed by atoms with Crippen molar-refractivity contribution in [2.75, 3.05) is 0 Å². The second kappa shape index (κ2) is 15.7. The molecule has 1 aliphatic carbocycles. The summed E-state index contributed by atoms with van der Waals surface area (Å²) in [4.78, 5) is 0. The fourth-order valence-corrected chi connectivity index (χ4v) is 16.6. The van der Waals surface area contributed by atoms with Crippen molar-refractivity contribution in [3.05, 3.63) is 295 Å². The third kappa shape index (κ3) is 5.86. The summed E-state index contributed by atoms with van der Waals surface area (Å²) >= 11 is 0. The normalized spacial score (nSPS) is 12.9. The summed E-state index contributed by atoms with van der Waals surface area (Å²) in [6, 6.07) is 102. The minimum absolute atomic E-state index is 0.599. The van der Waals surface area contributed by atoms with E-state index in [4.69, 9.17) is 0 Å². The van der Waals surface area contributed by atoms with Gasteiger partial charge in [0.15, 0.2) is 8.07 Å². The third-order valence-corrected chi connectivity index (χ3v) is 19.4. The highest BCUT2D eigenvalue weighted by atomic mass is 28.3. The molecule has 1 heterocycles. The smallest absolute Gasteiger partial charge is 0.179 e. The molecule has 1 aliphatic rings. The Kier molecular flexibility index (Phi) is 9.16. The van der Waals surface area contributed by atoms with E-state index in [9.17, 15) is 0 Å². The van der Waals surface area contributed by atoms with Gasteiger partial charge in [0.05, 0.1) is 22.1 Å². The van der Waals surface area contributed by atoms with Gasteiger partial charge in [0, 0.05) is 16.2 Å². The van der Waals surface area contributed by atoms with Crippen LogP contribution in [0.25, 0.3) is 60.5 Å². The first-order chi connectivity index (χ1) is 33.2. The fourth-order valence-electron chi connectivity index (χ4n) is 11.8. The van der Waals surface area contributed by atoms with Crippen LogP contribution in [-0.4, -0.2) is 12.6 Å². The van der Waals surface area contributed by atoms with Gasteiger partial charge in [0.2, 0.25) is 0 Å². The Morgan fingerprint density at radius 2 is 0.761 bits per heavy atom. The van der Waals surface area contributed by atoms with E-state index in [2.05, 4.69) is 278 Å². The molecule has 0 unspecified atom stereocenters. The zero-order chi connectivity index (χ0) is 44.4. The van der Waals surface area contributed by atoms with Crippen molar-refractivity contribution >= 4 is 61.4 Å². The van der Waals surface area contributed by atoms with Gasteiger partial charge in [-0.25, -0.2) is 0 Å². The molecule has 1 nitrogen and oxygen atoms in total. The van der Waals surface area contributed by atoms with E-state index in [1.165, 1.54) is 104 Å². The molecule has 0 bridgehead atoms. The molecule has 314 valence electrons. The Hall–Kier alpha value is -8.30. The molecule has 12 aromatic rings. The quantitative estimate of drug-likeness (QED) is 0.106. The Morgan fingerprint density at radius 1 is 0.299 bits per heavy atom. The lowest BCUT2D eigenvalue weighted by atomic mass is 9.67. The van der Waals surface area contributed by atoms with Gasteiger partial charge < -0.3 is 4.57 Å². The molecule has 0 saturated heterocycles. The van der Waals surface area contributed by atoms with E-state index in [0.717, 1.165) is 0 Å². The van der Waals surface area contributed by atoms with E-state index in [1.54, 1.807) is 0 Å². The molecule has 11 aromatic carbocycles. The van der Waals surface area contributed by atoms with Crippen LogP contribution in [0.5, 0.6) is 0 Å². The second-order valence-corrected chi connectivity index (χ2v) is 21.7. The van der Waals surface area contributed by atoms with Crippen molar-refractivity contribution < 1.29 is 0 Å². The van der Waals surface area contributed by atoms with Crippen LogP contribution in [0.2, 0.25) is 0 Å². The second-order valence-electron chi connectivity index (χ2n) is 17.9. The van der Waals surface area contributed by atoms with Crippen LogP contribution in [0, 0.1) is 0 Å². The number of hydrogen-bond acceptors (Lipinski definition) is 0. The van der Waals surface area contributed by atoms with Crippen molar-refractivity contribution in [2.45, 2.75) is 5.41 Å². The van der Waals surface area contributed by atoms with Crippen molar-refractivity contribution in [1.82, 2.24) is 4.57 Å². The minimum Gasteiger partial charge on any atom is -0.309 e. The lowest BCUT2D eigenvalue weighted by molar-refractivity contribution is 0.769. The van der Waals surface area contributed by atoms with Gasteiger partial charge in [-0.05, 0) is 101 Å². The van der Waals surface area contributed by atoms with Gasteiger partial charge in [0.25, 0.3) is 0 Å². The Labute approximate surface area is 392 Å². The van der Waals surface area contributed by atoms with E-state index in [-0.39, 0.29) is 0 Å². The summed E-state index contributed by atoms with van der Waals surface area (Å²) in [7, 11) is -2.86. The molecule has 0 aliphatic heterocycles. The minimum atomic E-state index is -2.86. The largest absolute Gasteiger partial charge is 0.309 e. The molecular formula is C65H45NSi. The average molecular weight is 868 g/mol. The number of para-hydroxylation sites is 1. The monoisotopic (exact) mass is 867 g/mol.